The molecule has 0 bridgehead atoms. The largest absolute Gasteiger partial charge is 0.350 e. The molecule has 1 aromatic carbocycles. The number of thioether (sulfide) groups is 1. The summed E-state index contributed by atoms with van der Waals surface area (Å²) in [6.07, 6.45) is 2.00. The summed E-state index contributed by atoms with van der Waals surface area (Å²) < 4.78 is 0. The smallest absolute Gasteiger partial charge is 0.255 e. The lowest BCUT2D eigenvalue weighted by atomic mass is 10.2. The summed E-state index contributed by atoms with van der Waals surface area (Å²) in [7, 11) is 0. The van der Waals surface area contributed by atoms with Crippen molar-refractivity contribution in [2.24, 2.45) is 0 Å². The molecule has 2 rings (SSSR count). The second-order valence-corrected chi connectivity index (χ2v) is 4.81. The van der Waals surface area contributed by atoms with E-state index in [9.17, 15) is 4.79 Å². The van der Waals surface area contributed by atoms with Gasteiger partial charge in [-0.15, -0.1) is 11.8 Å². The fraction of sp³-hybridized carbons (Fsp3) is 0.273. The molecule has 1 aliphatic heterocycles. The molecule has 84 valence electrons. The van der Waals surface area contributed by atoms with E-state index in [4.69, 9.17) is 12.2 Å². The van der Waals surface area contributed by atoms with Crippen molar-refractivity contribution in [1.29, 1.82) is 0 Å². The molecule has 1 fully saturated rings. The number of hydrogen-bond donors (Lipinski definition) is 1. The molecule has 1 atom stereocenters. The maximum Gasteiger partial charge on any atom is 0.255 e. The first kappa shape index (κ1) is 11.4. The SMILES string of the molecule is CSc1cccc(N2C(=O)[C@H](C)NC2=S)c1. The van der Waals surface area contributed by atoms with Gasteiger partial charge in [-0.1, -0.05) is 6.07 Å². The van der Waals surface area contributed by atoms with E-state index in [0.717, 1.165) is 10.6 Å². The Balaban J connectivity index is 2.36. The van der Waals surface area contributed by atoms with Crippen molar-refractivity contribution in [2.45, 2.75) is 17.9 Å². The van der Waals surface area contributed by atoms with Gasteiger partial charge in [0.1, 0.15) is 6.04 Å². The highest BCUT2D eigenvalue weighted by atomic mass is 32.2. The molecule has 1 saturated heterocycles. The molecular formula is C11H12N2OS2. The summed E-state index contributed by atoms with van der Waals surface area (Å²) in [4.78, 5) is 14.6. The quantitative estimate of drug-likeness (QED) is 0.645. The highest BCUT2D eigenvalue weighted by Crippen LogP contribution is 2.24. The van der Waals surface area contributed by atoms with Gasteiger partial charge in [-0.25, -0.2) is 0 Å². The van der Waals surface area contributed by atoms with Crippen molar-refractivity contribution in [3.8, 4) is 0 Å². The van der Waals surface area contributed by atoms with Crippen molar-refractivity contribution in [1.82, 2.24) is 5.32 Å². The van der Waals surface area contributed by atoms with E-state index in [-0.39, 0.29) is 11.9 Å². The number of nitrogens with zero attached hydrogens (tertiary/aromatic N) is 1. The summed E-state index contributed by atoms with van der Waals surface area (Å²) >= 11 is 6.79. The minimum Gasteiger partial charge on any atom is -0.350 e. The molecule has 16 heavy (non-hydrogen) atoms. The first-order valence-electron chi connectivity index (χ1n) is 4.92. The van der Waals surface area contributed by atoms with Crippen LogP contribution in [-0.4, -0.2) is 23.3 Å². The van der Waals surface area contributed by atoms with Crippen molar-refractivity contribution in [2.75, 3.05) is 11.2 Å². The third-order valence-corrected chi connectivity index (χ3v) is 3.47. The van der Waals surface area contributed by atoms with E-state index in [2.05, 4.69) is 5.32 Å². The number of benzene rings is 1. The van der Waals surface area contributed by atoms with Crippen molar-refractivity contribution < 1.29 is 4.79 Å². The predicted molar refractivity (Wildman–Crippen MR) is 70.9 cm³/mol. The minimum absolute atomic E-state index is 0.00301. The average molecular weight is 252 g/mol. The van der Waals surface area contributed by atoms with Gasteiger partial charge < -0.3 is 5.32 Å². The van der Waals surface area contributed by atoms with Gasteiger partial charge >= 0.3 is 0 Å². The maximum absolute atomic E-state index is 11.9. The van der Waals surface area contributed by atoms with E-state index in [1.54, 1.807) is 16.7 Å². The summed E-state index contributed by atoms with van der Waals surface area (Å²) in [5.41, 5.74) is 0.832. The lowest BCUT2D eigenvalue weighted by Gasteiger charge is -2.15. The van der Waals surface area contributed by atoms with Crippen LogP contribution in [0.15, 0.2) is 29.2 Å². The van der Waals surface area contributed by atoms with Crippen LogP contribution in [0, 0.1) is 0 Å². The normalized spacial score (nSPS) is 20.1. The standard InChI is InChI=1S/C11H12N2OS2/c1-7-10(14)13(11(15)12-7)8-4-3-5-9(6-8)16-2/h3-7H,1-2H3,(H,12,15)/t7-/m0/s1. The second kappa shape index (κ2) is 4.43. The Morgan fingerprint density at radius 1 is 1.50 bits per heavy atom. The number of carbonyl (C=O) groups excluding carboxylic acids is 1. The number of amides is 1. The molecule has 3 nitrogen and oxygen atoms in total. The molecule has 1 heterocycles. The van der Waals surface area contributed by atoms with Gasteiger partial charge in [0.05, 0.1) is 5.69 Å². The third kappa shape index (κ3) is 1.92. The van der Waals surface area contributed by atoms with E-state index in [1.165, 1.54) is 0 Å². The monoisotopic (exact) mass is 252 g/mol. The highest BCUT2D eigenvalue weighted by Gasteiger charge is 2.33. The number of thiocarbonyl (C=S) groups is 1. The Morgan fingerprint density at radius 3 is 2.81 bits per heavy atom. The molecule has 0 aromatic heterocycles. The molecule has 5 heteroatoms. The van der Waals surface area contributed by atoms with Crippen LogP contribution in [0.1, 0.15) is 6.92 Å². The van der Waals surface area contributed by atoms with Gasteiger partial charge in [-0.05, 0) is 43.6 Å². The van der Waals surface area contributed by atoms with E-state index >= 15 is 0 Å². The van der Waals surface area contributed by atoms with Crippen LogP contribution in [-0.2, 0) is 4.79 Å². The summed E-state index contributed by atoms with van der Waals surface area (Å²) in [6.45, 7) is 1.81. The third-order valence-electron chi connectivity index (χ3n) is 2.45. The Hall–Kier alpha value is -1.07. The summed E-state index contributed by atoms with van der Waals surface area (Å²) in [5, 5.41) is 3.44. The van der Waals surface area contributed by atoms with Gasteiger partial charge in [0, 0.05) is 4.90 Å². The molecule has 1 amide bonds. The lowest BCUT2D eigenvalue weighted by molar-refractivity contribution is -0.117. The van der Waals surface area contributed by atoms with Crippen molar-refractivity contribution in [3.63, 3.8) is 0 Å². The Kier molecular flexibility index (Phi) is 3.16. The fourth-order valence-corrected chi connectivity index (χ4v) is 2.42. The lowest BCUT2D eigenvalue weighted by Crippen LogP contribution is -2.30. The second-order valence-electron chi connectivity index (χ2n) is 3.55. The number of hydrogen-bond acceptors (Lipinski definition) is 3. The average Bonchev–Trinajstić information content (AvgIpc) is 2.53. The van der Waals surface area contributed by atoms with E-state index in [1.807, 2.05) is 37.4 Å². The van der Waals surface area contributed by atoms with Gasteiger partial charge in [0.25, 0.3) is 5.91 Å². The molecule has 1 N–H and O–H groups in total. The van der Waals surface area contributed by atoms with Crippen molar-refractivity contribution in [3.05, 3.63) is 24.3 Å². The van der Waals surface area contributed by atoms with Crippen LogP contribution in [0.25, 0.3) is 0 Å². The maximum atomic E-state index is 11.9. The molecule has 0 radical (unpaired) electrons. The van der Waals surface area contributed by atoms with E-state index < -0.39 is 0 Å². The first-order valence-corrected chi connectivity index (χ1v) is 6.55. The van der Waals surface area contributed by atoms with Crippen LogP contribution in [0.2, 0.25) is 0 Å². The van der Waals surface area contributed by atoms with Gasteiger partial charge in [-0.2, -0.15) is 0 Å². The van der Waals surface area contributed by atoms with Crippen LogP contribution in [0.5, 0.6) is 0 Å². The van der Waals surface area contributed by atoms with Gasteiger partial charge in [0.2, 0.25) is 0 Å². The number of carbonyl (C=O) groups is 1. The topological polar surface area (TPSA) is 32.3 Å². The minimum atomic E-state index is -0.231. The highest BCUT2D eigenvalue weighted by molar-refractivity contribution is 7.98. The zero-order chi connectivity index (χ0) is 11.7. The zero-order valence-electron chi connectivity index (χ0n) is 9.06. The molecule has 1 aromatic rings. The fourth-order valence-electron chi connectivity index (χ4n) is 1.60. The van der Waals surface area contributed by atoms with E-state index in [0.29, 0.717) is 5.11 Å². The molecular weight excluding hydrogens is 240 g/mol. The van der Waals surface area contributed by atoms with Crippen molar-refractivity contribution >= 4 is 40.7 Å². The van der Waals surface area contributed by atoms with Crippen LogP contribution >= 0.6 is 24.0 Å². The molecule has 0 saturated carbocycles. The van der Waals surface area contributed by atoms with Crippen LogP contribution in [0.4, 0.5) is 5.69 Å². The van der Waals surface area contributed by atoms with Gasteiger partial charge in [-0.3, -0.25) is 9.69 Å². The zero-order valence-corrected chi connectivity index (χ0v) is 10.7. The van der Waals surface area contributed by atoms with Crippen LogP contribution < -0.4 is 10.2 Å². The molecule has 1 aliphatic rings. The molecule has 0 spiro atoms. The van der Waals surface area contributed by atoms with Gasteiger partial charge in [0.15, 0.2) is 5.11 Å². The summed E-state index contributed by atoms with van der Waals surface area (Å²) in [5.74, 6) is 0.00301. The Morgan fingerprint density at radius 2 is 2.25 bits per heavy atom. The Labute approximate surface area is 104 Å². The summed E-state index contributed by atoms with van der Waals surface area (Å²) in [6, 6.07) is 7.57. The number of anilines is 1. The first-order chi connectivity index (χ1) is 7.63. The Bertz CT molecular complexity index is 447. The van der Waals surface area contributed by atoms with Crippen LogP contribution in [0.3, 0.4) is 0 Å². The number of rotatable bonds is 2. The number of nitrogens with one attached hydrogen (secondary N) is 1. The molecule has 0 unspecified atom stereocenters. The predicted octanol–water partition coefficient (Wildman–Crippen LogP) is 2.02. The molecule has 0 aliphatic carbocycles.